The zero-order valence-electron chi connectivity index (χ0n) is 8.00. The molecule has 1 nitrogen and oxygen atoms in total. The van der Waals surface area contributed by atoms with Crippen LogP contribution in [-0.4, -0.2) is 23.5 Å². The van der Waals surface area contributed by atoms with E-state index in [0.29, 0.717) is 0 Å². The second kappa shape index (κ2) is 2.47. The third-order valence-corrected chi connectivity index (χ3v) is 4.51. The third-order valence-electron chi connectivity index (χ3n) is 4.51. The van der Waals surface area contributed by atoms with Crippen LogP contribution in [0.4, 0.5) is 0 Å². The largest absolute Gasteiger partial charge is 0.297 e. The molecule has 1 aliphatic carbocycles. The first-order valence-corrected chi connectivity index (χ1v) is 5.62. The molecular weight excluding hydrogens is 146 g/mol. The van der Waals surface area contributed by atoms with Crippen molar-refractivity contribution in [3.8, 4) is 0 Å². The Kier molecular flexibility index (Phi) is 1.52. The van der Waals surface area contributed by atoms with Crippen LogP contribution in [0.25, 0.3) is 0 Å². The van der Waals surface area contributed by atoms with Gasteiger partial charge in [-0.25, -0.2) is 0 Å². The molecule has 1 heteroatoms. The van der Waals surface area contributed by atoms with Crippen molar-refractivity contribution in [2.75, 3.05) is 6.54 Å². The van der Waals surface area contributed by atoms with Crippen LogP contribution in [0.3, 0.4) is 0 Å². The van der Waals surface area contributed by atoms with E-state index in [-0.39, 0.29) is 0 Å². The molecule has 0 aromatic rings. The first-order chi connectivity index (χ1) is 5.86. The van der Waals surface area contributed by atoms with Gasteiger partial charge in [-0.3, -0.25) is 4.90 Å². The van der Waals surface area contributed by atoms with Crippen LogP contribution < -0.4 is 0 Å². The van der Waals surface area contributed by atoms with Gasteiger partial charge in [0.15, 0.2) is 0 Å². The number of hydrogen-bond acceptors (Lipinski definition) is 1. The summed E-state index contributed by atoms with van der Waals surface area (Å²) in [5, 5.41) is 0. The van der Waals surface area contributed by atoms with Gasteiger partial charge in [-0.05, 0) is 44.1 Å². The van der Waals surface area contributed by atoms with E-state index in [1.165, 1.54) is 38.6 Å². The summed E-state index contributed by atoms with van der Waals surface area (Å²) in [4.78, 5) is 2.84. The van der Waals surface area contributed by atoms with Crippen LogP contribution in [0, 0.1) is 11.8 Å². The number of hydrogen-bond donors (Lipinski definition) is 0. The lowest BCUT2D eigenvalue weighted by Crippen LogP contribution is -2.32. The van der Waals surface area contributed by atoms with E-state index < -0.39 is 0 Å². The Balaban J connectivity index is 1.83. The normalized spacial score (nSPS) is 52.8. The monoisotopic (exact) mass is 165 g/mol. The van der Waals surface area contributed by atoms with Crippen LogP contribution in [0.5, 0.6) is 0 Å². The summed E-state index contributed by atoms with van der Waals surface area (Å²) < 4.78 is 0. The standard InChI is InChI=1S/C11H19N/c1-8-5-6-12-10-4-2-3-9(10)7-11(8)12/h8-11H,2-7H2,1H3/t8-,9+,10+,11-/m0/s1. The van der Waals surface area contributed by atoms with Gasteiger partial charge >= 0.3 is 0 Å². The zero-order valence-corrected chi connectivity index (χ0v) is 8.00. The highest BCUT2D eigenvalue weighted by Gasteiger charge is 2.47. The first-order valence-electron chi connectivity index (χ1n) is 5.62. The molecule has 0 amide bonds. The van der Waals surface area contributed by atoms with Crippen molar-refractivity contribution in [3.05, 3.63) is 0 Å². The Morgan fingerprint density at radius 3 is 2.92 bits per heavy atom. The Morgan fingerprint density at radius 1 is 1.08 bits per heavy atom. The Morgan fingerprint density at radius 2 is 2.00 bits per heavy atom. The van der Waals surface area contributed by atoms with Crippen molar-refractivity contribution in [2.24, 2.45) is 11.8 Å². The summed E-state index contributed by atoms with van der Waals surface area (Å²) in [6.07, 6.45) is 7.55. The SMILES string of the molecule is C[C@H]1CCN2[C@@H]3CCC[C@@H]3C[C@@H]12. The predicted octanol–water partition coefficient (Wildman–Crippen LogP) is 2.27. The summed E-state index contributed by atoms with van der Waals surface area (Å²) in [5.74, 6) is 2.09. The summed E-state index contributed by atoms with van der Waals surface area (Å²) in [6.45, 7) is 3.86. The maximum Gasteiger partial charge on any atom is 0.0128 e. The van der Waals surface area contributed by atoms with Crippen molar-refractivity contribution in [3.63, 3.8) is 0 Å². The molecule has 0 aromatic carbocycles. The second-order valence-electron chi connectivity index (χ2n) is 5.07. The van der Waals surface area contributed by atoms with Gasteiger partial charge in [-0.15, -0.1) is 0 Å². The molecule has 68 valence electrons. The van der Waals surface area contributed by atoms with E-state index in [1.54, 1.807) is 0 Å². The Labute approximate surface area is 75.1 Å². The van der Waals surface area contributed by atoms with Crippen molar-refractivity contribution in [1.82, 2.24) is 4.90 Å². The predicted molar refractivity (Wildman–Crippen MR) is 50.0 cm³/mol. The van der Waals surface area contributed by atoms with Gasteiger partial charge in [0, 0.05) is 12.1 Å². The van der Waals surface area contributed by atoms with E-state index in [4.69, 9.17) is 0 Å². The Hall–Kier alpha value is -0.0400. The molecule has 4 atom stereocenters. The van der Waals surface area contributed by atoms with Gasteiger partial charge in [-0.2, -0.15) is 0 Å². The molecule has 3 rings (SSSR count). The van der Waals surface area contributed by atoms with Crippen molar-refractivity contribution in [2.45, 2.75) is 51.1 Å². The van der Waals surface area contributed by atoms with Crippen molar-refractivity contribution in [1.29, 1.82) is 0 Å². The molecule has 0 bridgehead atoms. The first kappa shape index (κ1) is 7.37. The fourth-order valence-corrected chi connectivity index (χ4v) is 3.86. The van der Waals surface area contributed by atoms with Gasteiger partial charge in [0.1, 0.15) is 0 Å². The highest BCUT2D eigenvalue weighted by atomic mass is 15.2. The summed E-state index contributed by atoms with van der Waals surface area (Å²) >= 11 is 0. The van der Waals surface area contributed by atoms with Gasteiger partial charge in [0.05, 0.1) is 0 Å². The molecule has 2 heterocycles. The van der Waals surface area contributed by atoms with E-state index in [9.17, 15) is 0 Å². The van der Waals surface area contributed by atoms with Gasteiger partial charge < -0.3 is 0 Å². The van der Waals surface area contributed by atoms with E-state index in [1.807, 2.05) is 0 Å². The van der Waals surface area contributed by atoms with Crippen LogP contribution in [0.2, 0.25) is 0 Å². The maximum absolute atomic E-state index is 2.84. The fourth-order valence-electron chi connectivity index (χ4n) is 3.86. The van der Waals surface area contributed by atoms with Crippen LogP contribution in [0.15, 0.2) is 0 Å². The highest BCUT2D eigenvalue weighted by Crippen LogP contribution is 2.46. The average Bonchev–Trinajstić information content (AvgIpc) is 2.63. The maximum atomic E-state index is 2.84. The van der Waals surface area contributed by atoms with Crippen LogP contribution in [-0.2, 0) is 0 Å². The molecule has 0 radical (unpaired) electrons. The number of nitrogens with zero attached hydrogens (tertiary/aromatic N) is 1. The van der Waals surface area contributed by atoms with Crippen LogP contribution >= 0.6 is 0 Å². The van der Waals surface area contributed by atoms with Gasteiger partial charge in [-0.1, -0.05) is 13.3 Å². The molecular formula is C11H19N. The minimum absolute atomic E-state index is 0.986. The molecule has 3 fully saturated rings. The lowest BCUT2D eigenvalue weighted by molar-refractivity contribution is 0.224. The highest BCUT2D eigenvalue weighted by molar-refractivity contribution is 5.01. The van der Waals surface area contributed by atoms with E-state index in [0.717, 1.165) is 23.9 Å². The topological polar surface area (TPSA) is 3.24 Å². The molecule has 3 aliphatic rings. The smallest absolute Gasteiger partial charge is 0.0128 e. The van der Waals surface area contributed by atoms with Crippen molar-refractivity contribution < 1.29 is 0 Å². The van der Waals surface area contributed by atoms with E-state index >= 15 is 0 Å². The molecule has 1 saturated carbocycles. The number of fused-ring (bicyclic) bond motifs is 3. The molecule has 2 aliphatic heterocycles. The summed E-state index contributed by atoms with van der Waals surface area (Å²) in [7, 11) is 0. The molecule has 0 aromatic heterocycles. The average molecular weight is 165 g/mol. The lowest BCUT2D eigenvalue weighted by atomic mass is 9.94. The van der Waals surface area contributed by atoms with Gasteiger partial charge in [0.25, 0.3) is 0 Å². The molecule has 0 spiro atoms. The second-order valence-corrected chi connectivity index (χ2v) is 5.07. The summed E-state index contributed by atoms with van der Waals surface area (Å²) in [6, 6.07) is 2.00. The fraction of sp³-hybridized carbons (Fsp3) is 1.00. The van der Waals surface area contributed by atoms with Crippen LogP contribution in [0.1, 0.15) is 39.0 Å². The molecule has 0 N–H and O–H groups in total. The van der Waals surface area contributed by atoms with Crippen molar-refractivity contribution >= 4 is 0 Å². The minimum Gasteiger partial charge on any atom is -0.297 e. The molecule has 0 unspecified atom stereocenters. The minimum atomic E-state index is 0.986. The lowest BCUT2D eigenvalue weighted by Gasteiger charge is -2.23. The molecule has 12 heavy (non-hydrogen) atoms. The molecule has 2 saturated heterocycles. The zero-order chi connectivity index (χ0) is 8.13. The van der Waals surface area contributed by atoms with E-state index in [2.05, 4.69) is 11.8 Å². The Bertz CT molecular complexity index is 187. The summed E-state index contributed by atoms with van der Waals surface area (Å²) in [5.41, 5.74) is 0. The number of rotatable bonds is 0. The van der Waals surface area contributed by atoms with Gasteiger partial charge in [0.2, 0.25) is 0 Å². The quantitative estimate of drug-likeness (QED) is 0.532. The third kappa shape index (κ3) is 0.834.